The summed E-state index contributed by atoms with van der Waals surface area (Å²) in [5.41, 5.74) is 0.664. The van der Waals surface area contributed by atoms with Crippen LogP contribution in [-0.4, -0.2) is 57.2 Å². The van der Waals surface area contributed by atoms with Crippen LogP contribution in [-0.2, 0) is 4.74 Å². The molecule has 5 nitrogen and oxygen atoms in total. The predicted molar refractivity (Wildman–Crippen MR) is 92.0 cm³/mol. The summed E-state index contributed by atoms with van der Waals surface area (Å²) in [7, 11) is 3.21. The van der Waals surface area contributed by atoms with Crippen molar-refractivity contribution in [3.05, 3.63) is 23.8 Å². The van der Waals surface area contributed by atoms with Gasteiger partial charge in [0.2, 0.25) is 0 Å². The molecular formula is C19H27NO4. The quantitative estimate of drug-likeness (QED) is 0.776. The zero-order valence-electron chi connectivity index (χ0n) is 14.6. The fraction of sp³-hybridized carbons (Fsp3) is 0.632. The highest BCUT2D eigenvalue weighted by atomic mass is 16.5. The molecule has 1 unspecified atom stereocenters. The molecule has 0 bridgehead atoms. The maximum Gasteiger partial charge on any atom is 0.170 e. The van der Waals surface area contributed by atoms with Crippen molar-refractivity contribution < 1.29 is 19.0 Å². The minimum absolute atomic E-state index is 0.0453. The van der Waals surface area contributed by atoms with Crippen molar-refractivity contribution in [1.82, 2.24) is 4.90 Å². The van der Waals surface area contributed by atoms with E-state index in [1.807, 2.05) is 12.1 Å². The van der Waals surface area contributed by atoms with Crippen LogP contribution < -0.4 is 9.47 Å². The molecule has 2 heterocycles. The van der Waals surface area contributed by atoms with E-state index in [4.69, 9.17) is 14.2 Å². The first-order chi connectivity index (χ1) is 11.7. The topological polar surface area (TPSA) is 48.0 Å². The highest BCUT2D eigenvalue weighted by Crippen LogP contribution is 2.30. The molecule has 0 saturated carbocycles. The van der Waals surface area contributed by atoms with E-state index in [-0.39, 0.29) is 11.7 Å². The van der Waals surface area contributed by atoms with E-state index >= 15 is 0 Å². The molecule has 2 fully saturated rings. The Hall–Kier alpha value is -1.59. The molecule has 2 aliphatic heterocycles. The number of hydrogen-bond donors (Lipinski definition) is 0. The van der Waals surface area contributed by atoms with Crippen LogP contribution in [0, 0.1) is 5.92 Å². The molecule has 0 radical (unpaired) electrons. The second-order valence-corrected chi connectivity index (χ2v) is 6.61. The molecule has 0 amide bonds. The fourth-order valence-electron chi connectivity index (χ4n) is 3.82. The van der Waals surface area contributed by atoms with E-state index in [0.29, 0.717) is 23.1 Å². The lowest BCUT2D eigenvalue weighted by Gasteiger charge is -2.39. The third-order valence-corrected chi connectivity index (χ3v) is 5.20. The predicted octanol–water partition coefficient (Wildman–Crippen LogP) is 2.78. The molecule has 5 heteroatoms. The summed E-state index contributed by atoms with van der Waals surface area (Å²) >= 11 is 0. The Morgan fingerprint density at radius 1 is 1.17 bits per heavy atom. The molecule has 24 heavy (non-hydrogen) atoms. The number of ether oxygens (including phenoxy) is 3. The standard InChI is InChI=1S/C19H27NO4/c1-22-16-5-6-17(18(12-16)23-2)19(21)14-4-3-9-20(13-14)15-7-10-24-11-8-15/h5-6,12,14-15H,3-4,7-11,13H2,1-2H3. The third kappa shape index (κ3) is 3.73. The Bertz CT molecular complexity index is 568. The van der Waals surface area contributed by atoms with Crippen molar-refractivity contribution in [2.45, 2.75) is 31.7 Å². The molecule has 0 aliphatic carbocycles. The van der Waals surface area contributed by atoms with Gasteiger partial charge in [0.05, 0.1) is 19.8 Å². The van der Waals surface area contributed by atoms with Crippen molar-refractivity contribution in [2.75, 3.05) is 40.5 Å². The molecule has 1 aromatic carbocycles. The number of Topliss-reactive ketones (excluding diaryl/α,β-unsaturated/α-hetero) is 1. The Morgan fingerprint density at radius 2 is 1.96 bits per heavy atom. The largest absolute Gasteiger partial charge is 0.497 e. The van der Waals surface area contributed by atoms with Gasteiger partial charge in [0.1, 0.15) is 11.5 Å². The zero-order valence-corrected chi connectivity index (χ0v) is 14.6. The van der Waals surface area contributed by atoms with Crippen molar-refractivity contribution in [3.8, 4) is 11.5 Å². The van der Waals surface area contributed by atoms with Crippen LogP contribution in [0.25, 0.3) is 0 Å². The van der Waals surface area contributed by atoms with Crippen molar-refractivity contribution in [2.24, 2.45) is 5.92 Å². The minimum atomic E-state index is 0.0453. The molecular weight excluding hydrogens is 306 g/mol. The summed E-state index contributed by atoms with van der Waals surface area (Å²) in [6.45, 7) is 3.62. The van der Waals surface area contributed by atoms with Crippen molar-refractivity contribution >= 4 is 5.78 Å². The lowest BCUT2D eigenvalue weighted by atomic mass is 9.88. The second-order valence-electron chi connectivity index (χ2n) is 6.61. The highest BCUT2D eigenvalue weighted by Gasteiger charge is 2.32. The summed E-state index contributed by atoms with van der Waals surface area (Å²) in [6, 6.07) is 6.00. The Kier molecular flexibility index (Phi) is 5.74. The van der Waals surface area contributed by atoms with Crippen LogP contribution in [0.3, 0.4) is 0 Å². The summed E-state index contributed by atoms with van der Waals surface area (Å²) in [5, 5.41) is 0. The average molecular weight is 333 g/mol. The number of piperidine rings is 1. The number of benzene rings is 1. The van der Waals surface area contributed by atoms with Gasteiger partial charge in [-0.05, 0) is 44.4 Å². The number of carbonyl (C=O) groups is 1. The number of methoxy groups -OCH3 is 2. The molecule has 1 aromatic rings. The van der Waals surface area contributed by atoms with Crippen LogP contribution in [0.4, 0.5) is 0 Å². The molecule has 1 atom stereocenters. The molecule has 0 aromatic heterocycles. The number of ketones is 1. The monoisotopic (exact) mass is 333 g/mol. The van der Waals surface area contributed by atoms with E-state index in [2.05, 4.69) is 4.90 Å². The summed E-state index contributed by atoms with van der Waals surface area (Å²) in [4.78, 5) is 15.5. The lowest BCUT2D eigenvalue weighted by Crippen LogP contribution is -2.46. The second kappa shape index (κ2) is 7.99. The van der Waals surface area contributed by atoms with Crippen LogP contribution in [0.1, 0.15) is 36.0 Å². The number of nitrogens with zero attached hydrogens (tertiary/aromatic N) is 1. The first kappa shape index (κ1) is 17.2. The molecule has 132 valence electrons. The first-order valence-electron chi connectivity index (χ1n) is 8.81. The minimum Gasteiger partial charge on any atom is -0.497 e. The van der Waals surface area contributed by atoms with Crippen molar-refractivity contribution in [3.63, 3.8) is 0 Å². The number of likely N-dealkylation sites (tertiary alicyclic amines) is 1. The fourth-order valence-corrected chi connectivity index (χ4v) is 3.82. The summed E-state index contributed by atoms with van der Waals surface area (Å²) in [6.07, 6.45) is 4.18. The number of rotatable bonds is 5. The molecule has 2 aliphatic rings. The van der Waals surface area contributed by atoms with Gasteiger partial charge in [-0.3, -0.25) is 9.69 Å². The van der Waals surface area contributed by atoms with Gasteiger partial charge in [-0.2, -0.15) is 0 Å². The number of hydrogen-bond acceptors (Lipinski definition) is 5. The highest BCUT2D eigenvalue weighted by molar-refractivity contribution is 6.00. The first-order valence-corrected chi connectivity index (χ1v) is 8.81. The van der Waals surface area contributed by atoms with Gasteiger partial charge < -0.3 is 14.2 Å². The van der Waals surface area contributed by atoms with Crippen molar-refractivity contribution in [1.29, 1.82) is 0 Å². The lowest BCUT2D eigenvalue weighted by molar-refractivity contribution is 0.0183. The van der Waals surface area contributed by atoms with Crippen LogP contribution in [0.2, 0.25) is 0 Å². The Labute approximate surface area is 143 Å². The van der Waals surface area contributed by atoms with E-state index < -0.39 is 0 Å². The van der Waals surface area contributed by atoms with Gasteiger partial charge in [0.15, 0.2) is 5.78 Å². The Morgan fingerprint density at radius 3 is 2.67 bits per heavy atom. The van der Waals surface area contributed by atoms with Gasteiger partial charge in [-0.15, -0.1) is 0 Å². The van der Waals surface area contributed by atoms with E-state index in [1.54, 1.807) is 20.3 Å². The van der Waals surface area contributed by atoms with Gasteiger partial charge in [-0.1, -0.05) is 0 Å². The van der Waals surface area contributed by atoms with Gasteiger partial charge >= 0.3 is 0 Å². The van der Waals surface area contributed by atoms with E-state index in [1.165, 1.54) is 0 Å². The number of carbonyl (C=O) groups excluding carboxylic acids is 1. The summed E-state index contributed by atoms with van der Waals surface area (Å²) < 4.78 is 16.1. The summed E-state index contributed by atoms with van der Waals surface area (Å²) in [5.74, 6) is 1.54. The zero-order chi connectivity index (χ0) is 16.9. The van der Waals surface area contributed by atoms with Gasteiger partial charge in [0, 0.05) is 37.8 Å². The average Bonchev–Trinajstić information content (AvgIpc) is 2.67. The van der Waals surface area contributed by atoms with Gasteiger partial charge in [0.25, 0.3) is 0 Å². The van der Waals surface area contributed by atoms with Crippen LogP contribution in [0.5, 0.6) is 11.5 Å². The van der Waals surface area contributed by atoms with Gasteiger partial charge in [-0.25, -0.2) is 0 Å². The molecule has 2 saturated heterocycles. The maximum absolute atomic E-state index is 13.0. The van der Waals surface area contributed by atoms with E-state index in [0.717, 1.165) is 52.0 Å². The normalized spacial score (nSPS) is 23.0. The maximum atomic E-state index is 13.0. The SMILES string of the molecule is COc1ccc(C(=O)C2CCCN(C3CCOCC3)C2)c(OC)c1. The van der Waals surface area contributed by atoms with Crippen LogP contribution in [0.15, 0.2) is 18.2 Å². The third-order valence-electron chi connectivity index (χ3n) is 5.20. The molecule has 0 N–H and O–H groups in total. The smallest absolute Gasteiger partial charge is 0.170 e. The molecule has 0 spiro atoms. The van der Waals surface area contributed by atoms with Crippen LogP contribution >= 0.6 is 0 Å². The van der Waals surface area contributed by atoms with E-state index in [9.17, 15) is 4.79 Å². The molecule has 3 rings (SSSR count). The Balaban J connectivity index is 1.72.